The number of carbonyl (C=O) groups excluding carboxylic acids is 2. The third kappa shape index (κ3) is 4.47. The standard InChI is InChI=1S/C22H18O5S/c1-25-15-9-11-17(19(23)12-10-16-6-5-13-28-16)21(14-15)27-22(24)18-7-3-4-8-20(18)26-2/h3-14H,1-2H3. The lowest BCUT2D eigenvalue weighted by atomic mass is 10.1. The number of ether oxygens (including phenoxy) is 3. The van der Waals surface area contributed by atoms with Gasteiger partial charge in [-0.05, 0) is 47.9 Å². The fraction of sp³-hybridized carbons (Fsp3) is 0.0909. The van der Waals surface area contributed by atoms with Crippen LogP contribution in [-0.2, 0) is 0 Å². The van der Waals surface area contributed by atoms with E-state index in [1.807, 2.05) is 17.5 Å². The maximum absolute atomic E-state index is 12.7. The molecule has 6 heteroatoms. The van der Waals surface area contributed by atoms with Gasteiger partial charge < -0.3 is 14.2 Å². The minimum Gasteiger partial charge on any atom is -0.497 e. The molecule has 0 unspecified atom stereocenters. The molecule has 28 heavy (non-hydrogen) atoms. The smallest absolute Gasteiger partial charge is 0.347 e. The van der Waals surface area contributed by atoms with Gasteiger partial charge in [0.25, 0.3) is 0 Å². The second-order valence-corrected chi connectivity index (χ2v) is 6.64. The summed E-state index contributed by atoms with van der Waals surface area (Å²) >= 11 is 1.52. The van der Waals surface area contributed by atoms with E-state index in [1.165, 1.54) is 37.7 Å². The summed E-state index contributed by atoms with van der Waals surface area (Å²) in [6.07, 6.45) is 3.18. The minimum atomic E-state index is -0.623. The summed E-state index contributed by atoms with van der Waals surface area (Å²) in [6, 6.07) is 15.3. The van der Waals surface area contributed by atoms with Gasteiger partial charge in [-0.15, -0.1) is 11.3 Å². The molecule has 0 saturated carbocycles. The molecular weight excluding hydrogens is 376 g/mol. The predicted octanol–water partition coefficient (Wildman–Crippen LogP) is 4.88. The highest BCUT2D eigenvalue weighted by molar-refractivity contribution is 7.10. The van der Waals surface area contributed by atoms with Crippen molar-refractivity contribution in [3.05, 3.63) is 82.1 Å². The number of esters is 1. The first-order valence-electron chi connectivity index (χ1n) is 8.41. The number of allylic oxidation sites excluding steroid dienone is 1. The lowest BCUT2D eigenvalue weighted by molar-refractivity contribution is 0.0729. The van der Waals surface area contributed by atoms with Crippen LogP contribution >= 0.6 is 11.3 Å². The lowest BCUT2D eigenvalue weighted by Crippen LogP contribution is -2.12. The third-order valence-electron chi connectivity index (χ3n) is 3.93. The molecule has 0 atom stereocenters. The van der Waals surface area contributed by atoms with E-state index in [9.17, 15) is 9.59 Å². The maximum atomic E-state index is 12.7. The molecule has 0 bridgehead atoms. The molecule has 0 aliphatic carbocycles. The highest BCUT2D eigenvalue weighted by Crippen LogP contribution is 2.28. The number of rotatable bonds is 7. The number of methoxy groups -OCH3 is 2. The Labute approximate surface area is 166 Å². The van der Waals surface area contributed by atoms with Gasteiger partial charge in [0, 0.05) is 10.9 Å². The molecule has 0 aliphatic heterocycles. The fourth-order valence-corrected chi connectivity index (χ4v) is 3.14. The Kier molecular flexibility index (Phi) is 6.24. The maximum Gasteiger partial charge on any atom is 0.347 e. The Hall–Kier alpha value is -3.38. The number of hydrogen-bond acceptors (Lipinski definition) is 6. The van der Waals surface area contributed by atoms with Crippen LogP contribution in [0.25, 0.3) is 6.08 Å². The fourth-order valence-electron chi connectivity index (χ4n) is 2.52. The molecule has 1 aromatic heterocycles. The topological polar surface area (TPSA) is 61.8 Å². The Bertz CT molecular complexity index is 1010. The number of hydrogen-bond donors (Lipinski definition) is 0. The molecule has 3 rings (SSSR count). The molecule has 0 N–H and O–H groups in total. The van der Waals surface area contributed by atoms with Gasteiger partial charge >= 0.3 is 5.97 Å². The van der Waals surface area contributed by atoms with Crippen molar-refractivity contribution in [3.63, 3.8) is 0 Å². The van der Waals surface area contributed by atoms with E-state index < -0.39 is 5.97 Å². The normalized spacial score (nSPS) is 10.6. The van der Waals surface area contributed by atoms with E-state index >= 15 is 0 Å². The van der Waals surface area contributed by atoms with E-state index in [1.54, 1.807) is 42.5 Å². The van der Waals surface area contributed by atoms with Crippen LogP contribution in [-0.4, -0.2) is 26.0 Å². The van der Waals surface area contributed by atoms with Gasteiger partial charge in [-0.25, -0.2) is 4.79 Å². The summed E-state index contributed by atoms with van der Waals surface area (Å²) in [7, 11) is 2.97. The number of thiophene rings is 1. The second-order valence-electron chi connectivity index (χ2n) is 5.66. The summed E-state index contributed by atoms with van der Waals surface area (Å²) in [5.74, 6) is 0.0828. The molecule has 0 amide bonds. The van der Waals surface area contributed by atoms with Crippen molar-refractivity contribution < 1.29 is 23.8 Å². The van der Waals surface area contributed by atoms with Crippen LogP contribution in [0.4, 0.5) is 0 Å². The minimum absolute atomic E-state index is 0.121. The van der Waals surface area contributed by atoms with E-state index in [0.717, 1.165) is 4.88 Å². The van der Waals surface area contributed by atoms with Crippen molar-refractivity contribution >= 4 is 29.2 Å². The first-order chi connectivity index (χ1) is 13.6. The van der Waals surface area contributed by atoms with Crippen molar-refractivity contribution in [2.45, 2.75) is 0 Å². The molecule has 3 aromatic rings. The zero-order valence-electron chi connectivity index (χ0n) is 15.4. The average molecular weight is 394 g/mol. The van der Waals surface area contributed by atoms with Crippen molar-refractivity contribution in [1.29, 1.82) is 0 Å². The van der Waals surface area contributed by atoms with Crippen LogP contribution in [0.1, 0.15) is 25.6 Å². The molecule has 0 spiro atoms. The Morgan fingerprint density at radius 3 is 2.43 bits per heavy atom. The highest BCUT2D eigenvalue weighted by Gasteiger charge is 2.19. The van der Waals surface area contributed by atoms with E-state index in [4.69, 9.17) is 14.2 Å². The number of para-hydroxylation sites is 1. The molecule has 2 aromatic carbocycles. The molecule has 1 heterocycles. The van der Waals surface area contributed by atoms with Crippen molar-refractivity contribution in [3.8, 4) is 17.2 Å². The molecule has 0 aliphatic rings. The Morgan fingerprint density at radius 1 is 0.893 bits per heavy atom. The van der Waals surface area contributed by atoms with Gasteiger partial charge in [-0.1, -0.05) is 18.2 Å². The summed E-state index contributed by atoms with van der Waals surface area (Å²) in [5.41, 5.74) is 0.525. The number of carbonyl (C=O) groups is 2. The van der Waals surface area contributed by atoms with Crippen molar-refractivity contribution in [2.75, 3.05) is 14.2 Å². The zero-order chi connectivity index (χ0) is 19.9. The van der Waals surface area contributed by atoms with Crippen LogP contribution in [0.2, 0.25) is 0 Å². The molecule has 142 valence electrons. The second kappa shape index (κ2) is 9.01. The van der Waals surface area contributed by atoms with Crippen molar-refractivity contribution in [2.24, 2.45) is 0 Å². The van der Waals surface area contributed by atoms with Crippen LogP contribution in [0.15, 0.2) is 66.1 Å². The Morgan fingerprint density at radius 2 is 1.71 bits per heavy atom. The van der Waals surface area contributed by atoms with E-state index in [-0.39, 0.29) is 22.7 Å². The quantitative estimate of drug-likeness (QED) is 0.247. The first-order valence-corrected chi connectivity index (χ1v) is 9.29. The largest absolute Gasteiger partial charge is 0.497 e. The third-order valence-corrected chi connectivity index (χ3v) is 4.76. The molecular formula is C22H18O5S. The summed E-state index contributed by atoms with van der Waals surface area (Å²) < 4.78 is 15.9. The zero-order valence-corrected chi connectivity index (χ0v) is 16.2. The van der Waals surface area contributed by atoms with E-state index in [2.05, 4.69) is 0 Å². The molecule has 0 radical (unpaired) electrons. The van der Waals surface area contributed by atoms with Gasteiger partial charge in [0.15, 0.2) is 5.78 Å². The van der Waals surface area contributed by atoms with Gasteiger partial charge in [0.05, 0.1) is 19.8 Å². The number of ketones is 1. The predicted molar refractivity (Wildman–Crippen MR) is 109 cm³/mol. The van der Waals surface area contributed by atoms with Crippen LogP contribution in [0.3, 0.4) is 0 Å². The average Bonchev–Trinajstić information content (AvgIpc) is 3.25. The molecule has 0 fully saturated rings. The van der Waals surface area contributed by atoms with Gasteiger partial charge in [-0.2, -0.15) is 0 Å². The monoisotopic (exact) mass is 394 g/mol. The van der Waals surface area contributed by atoms with Crippen LogP contribution in [0, 0.1) is 0 Å². The molecule has 5 nitrogen and oxygen atoms in total. The van der Waals surface area contributed by atoms with Crippen LogP contribution < -0.4 is 14.2 Å². The summed E-state index contributed by atoms with van der Waals surface area (Å²) in [4.78, 5) is 26.3. The van der Waals surface area contributed by atoms with Gasteiger partial charge in [0.1, 0.15) is 22.8 Å². The summed E-state index contributed by atoms with van der Waals surface area (Å²) in [5, 5.41) is 1.93. The SMILES string of the molecule is COc1ccc(C(=O)C=Cc2cccs2)c(OC(=O)c2ccccc2OC)c1. The summed E-state index contributed by atoms with van der Waals surface area (Å²) in [6.45, 7) is 0. The number of benzene rings is 2. The van der Waals surface area contributed by atoms with Gasteiger partial charge in [-0.3, -0.25) is 4.79 Å². The van der Waals surface area contributed by atoms with E-state index in [0.29, 0.717) is 11.5 Å². The van der Waals surface area contributed by atoms with Crippen molar-refractivity contribution in [1.82, 2.24) is 0 Å². The highest BCUT2D eigenvalue weighted by atomic mass is 32.1. The Balaban J connectivity index is 1.90. The first kappa shape index (κ1) is 19.4. The molecule has 0 saturated heterocycles. The van der Waals surface area contributed by atoms with Gasteiger partial charge in [0.2, 0.25) is 0 Å². The van der Waals surface area contributed by atoms with Crippen LogP contribution in [0.5, 0.6) is 17.2 Å². The lowest BCUT2D eigenvalue weighted by Gasteiger charge is -2.12.